The Hall–Kier alpha value is -3.86. The highest BCUT2D eigenvalue weighted by atomic mass is 35.5. The minimum Gasteiger partial charge on any atom is -0.322 e. The molecule has 1 amide bonds. The Kier molecular flexibility index (Phi) is 7.53. The van der Waals surface area contributed by atoms with E-state index in [4.69, 9.17) is 11.6 Å². The quantitative estimate of drug-likeness (QED) is 0.265. The third kappa shape index (κ3) is 6.29. The van der Waals surface area contributed by atoms with Gasteiger partial charge >= 0.3 is 0 Å². The van der Waals surface area contributed by atoms with Crippen LogP contribution in [0.5, 0.6) is 0 Å². The summed E-state index contributed by atoms with van der Waals surface area (Å²) in [6, 6.07) is 24.6. The lowest BCUT2D eigenvalue weighted by Gasteiger charge is -2.14. The lowest BCUT2D eigenvalue weighted by Crippen LogP contribution is -2.17. The van der Waals surface area contributed by atoms with E-state index in [0.717, 1.165) is 0 Å². The number of sulfonamides is 2. The predicted molar refractivity (Wildman–Crippen MR) is 145 cm³/mol. The normalized spacial score (nSPS) is 11.5. The van der Waals surface area contributed by atoms with E-state index >= 15 is 0 Å². The van der Waals surface area contributed by atoms with Gasteiger partial charge in [0.05, 0.1) is 21.2 Å². The first kappa shape index (κ1) is 26.2. The molecule has 0 aliphatic heterocycles. The van der Waals surface area contributed by atoms with Gasteiger partial charge in [-0.1, -0.05) is 41.9 Å². The van der Waals surface area contributed by atoms with E-state index < -0.39 is 26.0 Å². The first-order valence-electron chi connectivity index (χ1n) is 10.9. The molecule has 0 saturated carbocycles. The molecule has 0 radical (unpaired) electrons. The van der Waals surface area contributed by atoms with Crippen LogP contribution < -0.4 is 14.8 Å². The van der Waals surface area contributed by atoms with Crippen molar-refractivity contribution >= 4 is 54.6 Å². The van der Waals surface area contributed by atoms with Crippen molar-refractivity contribution in [2.24, 2.45) is 0 Å². The minimum absolute atomic E-state index is 0.000953. The van der Waals surface area contributed by atoms with E-state index in [2.05, 4.69) is 14.8 Å². The van der Waals surface area contributed by atoms with Crippen LogP contribution in [0.25, 0.3) is 0 Å². The van der Waals surface area contributed by atoms with Gasteiger partial charge in [0.1, 0.15) is 0 Å². The van der Waals surface area contributed by atoms with Gasteiger partial charge in [-0.2, -0.15) is 0 Å². The van der Waals surface area contributed by atoms with Crippen molar-refractivity contribution in [1.29, 1.82) is 0 Å². The average molecular weight is 556 g/mol. The highest BCUT2D eigenvalue weighted by molar-refractivity contribution is 7.93. The van der Waals surface area contributed by atoms with Gasteiger partial charge in [-0.05, 0) is 79.2 Å². The van der Waals surface area contributed by atoms with Gasteiger partial charge < -0.3 is 5.32 Å². The predicted octanol–water partition coefficient (Wildman–Crippen LogP) is 5.50. The summed E-state index contributed by atoms with van der Waals surface area (Å²) in [4.78, 5) is 13.0. The van der Waals surface area contributed by atoms with Gasteiger partial charge in [0, 0.05) is 16.3 Å². The molecule has 190 valence electrons. The molecule has 0 saturated heterocycles. The summed E-state index contributed by atoms with van der Waals surface area (Å²) in [7, 11) is -7.70. The van der Waals surface area contributed by atoms with Crippen LogP contribution in [0, 0.1) is 6.92 Å². The Morgan fingerprint density at radius 1 is 0.676 bits per heavy atom. The molecule has 0 atom stereocenters. The van der Waals surface area contributed by atoms with Crippen molar-refractivity contribution in [2.45, 2.75) is 16.7 Å². The third-order valence-electron chi connectivity index (χ3n) is 5.38. The van der Waals surface area contributed by atoms with Crippen LogP contribution in [0.4, 0.5) is 17.1 Å². The fourth-order valence-corrected chi connectivity index (χ4v) is 5.86. The molecular weight excluding hydrogens is 534 g/mol. The summed E-state index contributed by atoms with van der Waals surface area (Å²) in [5.41, 5.74) is 1.64. The number of carbonyl (C=O) groups excluding carboxylic acids is 1. The summed E-state index contributed by atoms with van der Waals surface area (Å²) in [6.45, 7) is 1.63. The number of nitrogens with one attached hydrogen (secondary N) is 3. The second-order valence-corrected chi connectivity index (χ2v) is 11.8. The van der Waals surface area contributed by atoms with E-state index in [9.17, 15) is 21.6 Å². The molecule has 3 N–H and O–H groups in total. The second kappa shape index (κ2) is 10.6. The number of amides is 1. The van der Waals surface area contributed by atoms with Crippen molar-refractivity contribution in [3.05, 3.63) is 113 Å². The van der Waals surface area contributed by atoms with Crippen LogP contribution in [0.15, 0.2) is 107 Å². The summed E-state index contributed by atoms with van der Waals surface area (Å²) in [6.07, 6.45) is 0. The minimum atomic E-state index is -3.87. The van der Waals surface area contributed by atoms with Crippen molar-refractivity contribution in [2.75, 3.05) is 14.8 Å². The summed E-state index contributed by atoms with van der Waals surface area (Å²) < 4.78 is 55.7. The smallest absolute Gasteiger partial charge is 0.261 e. The Morgan fingerprint density at radius 3 is 1.97 bits per heavy atom. The molecule has 4 aromatic rings. The van der Waals surface area contributed by atoms with Crippen LogP contribution in [-0.2, 0) is 20.0 Å². The topological polar surface area (TPSA) is 121 Å². The van der Waals surface area contributed by atoms with Crippen LogP contribution in [0.1, 0.15) is 15.9 Å². The van der Waals surface area contributed by atoms with E-state index in [0.29, 0.717) is 22.0 Å². The van der Waals surface area contributed by atoms with Crippen LogP contribution in [0.3, 0.4) is 0 Å². The maximum atomic E-state index is 12.9. The average Bonchev–Trinajstić information content (AvgIpc) is 2.86. The van der Waals surface area contributed by atoms with Gasteiger partial charge in [0.2, 0.25) is 0 Å². The Morgan fingerprint density at radius 2 is 1.30 bits per heavy atom. The van der Waals surface area contributed by atoms with Crippen molar-refractivity contribution < 1.29 is 21.6 Å². The molecule has 0 aromatic heterocycles. The first-order valence-corrected chi connectivity index (χ1v) is 14.3. The molecule has 0 aliphatic rings. The number of rotatable bonds is 8. The molecule has 0 spiro atoms. The van der Waals surface area contributed by atoms with E-state index in [-0.39, 0.29) is 21.0 Å². The molecule has 8 nitrogen and oxygen atoms in total. The molecule has 4 aromatic carbocycles. The molecule has 0 unspecified atom stereocenters. The third-order valence-corrected chi connectivity index (χ3v) is 8.39. The number of halogens is 1. The van der Waals surface area contributed by atoms with E-state index in [1.54, 1.807) is 61.5 Å². The molecule has 0 heterocycles. The molecular formula is C26H22ClN3O5S2. The zero-order chi connectivity index (χ0) is 26.6. The van der Waals surface area contributed by atoms with Gasteiger partial charge in [0.15, 0.2) is 0 Å². The SMILES string of the molecule is Cc1c(NS(=O)(=O)c2ccccc2)cccc1C(=O)Nc1ccc(S(=O)(=O)Nc2cccc(Cl)c2)cc1. The number of hydrogen-bond donors (Lipinski definition) is 3. The molecule has 37 heavy (non-hydrogen) atoms. The lowest BCUT2D eigenvalue weighted by molar-refractivity contribution is 0.102. The van der Waals surface area contributed by atoms with Gasteiger partial charge in [0.25, 0.3) is 26.0 Å². The summed E-state index contributed by atoms with van der Waals surface area (Å²) in [5.74, 6) is -0.481. The number of benzene rings is 4. The van der Waals surface area contributed by atoms with Crippen LogP contribution in [0.2, 0.25) is 5.02 Å². The van der Waals surface area contributed by atoms with E-state index in [1.807, 2.05) is 0 Å². The number of carbonyl (C=O) groups is 1. The number of anilines is 3. The maximum absolute atomic E-state index is 12.9. The van der Waals surface area contributed by atoms with Gasteiger partial charge in [-0.3, -0.25) is 14.2 Å². The summed E-state index contributed by atoms with van der Waals surface area (Å²) in [5, 5.41) is 3.10. The fraction of sp³-hybridized carbons (Fsp3) is 0.0385. The van der Waals surface area contributed by atoms with Crippen molar-refractivity contribution in [1.82, 2.24) is 0 Å². The highest BCUT2D eigenvalue weighted by Gasteiger charge is 2.19. The molecule has 11 heteroatoms. The molecule has 4 rings (SSSR count). The molecule has 0 fully saturated rings. The van der Waals surface area contributed by atoms with E-state index in [1.165, 1.54) is 42.5 Å². The van der Waals surface area contributed by atoms with Gasteiger partial charge in [-0.25, -0.2) is 16.8 Å². The molecule has 0 bridgehead atoms. The second-order valence-electron chi connectivity index (χ2n) is 7.99. The van der Waals surface area contributed by atoms with Crippen LogP contribution >= 0.6 is 11.6 Å². The Balaban J connectivity index is 1.49. The van der Waals surface area contributed by atoms with Crippen molar-refractivity contribution in [3.63, 3.8) is 0 Å². The Bertz CT molecular complexity index is 1660. The molecule has 0 aliphatic carbocycles. The van der Waals surface area contributed by atoms with Gasteiger partial charge in [-0.15, -0.1) is 0 Å². The Labute approximate surface area is 220 Å². The zero-order valence-electron chi connectivity index (χ0n) is 19.5. The number of hydrogen-bond acceptors (Lipinski definition) is 5. The lowest BCUT2D eigenvalue weighted by atomic mass is 10.1. The van der Waals surface area contributed by atoms with Crippen LogP contribution in [-0.4, -0.2) is 22.7 Å². The maximum Gasteiger partial charge on any atom is 0.261 e. The van der Waals surface area contributed by atoms with Crippen molar-refractivity contribution in [3.8, 4) is 0 Å². The fourth-order valence-electron chi connectivity index (χ4n) is 3.48. The summed E-state index contributed by atoms with van der Waals surface area (Å²) >= 11 is 5.91. The monoisotopic (exact) mass is 555 g/mol. The standard InChI is InChI=1S/C26H22ClN3O5S2/c1-18-24(11-6-12-25(18)30-37(34,35)22-9-3-2-4-10-22)26(31)28-20-13-15-23(16-14-20)36(32,33)29-21-8-5-7-19(27)17-21/h2-17,29-30H,1H3,(H,28,31). The zero-order valence-corrected chi connectivity index (χ0v) is 21.9. The largest absolute Gasteiger partial charge is 0.322 e. The highest BCUT2D eigenvalue weighted by Crippen LogP contribution is 2.25. The first-order chi connectivity index (χ1) is 17.5.